The minimum atomic E-state index is -4.78. The number of ether oxygens (including phenoxy) is 1. The van der Waals surface area contributed by atoms with E-state index in [0.717, 1.165) is 12.8 Å². The second-order valence-electron chi connectivity index (χ2n) is 6.58. The number of aryl methyl sites for hydroxylation is 2. The van der Waals surface area contributed by atoms with Gasteiger partial charge < -0.3 is 15.2 Å². The van der Waals surface area contributed by atoms with Crippen molar-refractivity contribution in [3.8, 4) is 5.75 Å². The maximum absolute atomic E-state index is 12.3. The van der Waals surface area contributed by atoms with Crippen molar-refractivity contribution in [2.24, 2.45) is 0 Å². The predicted molar refractivity (Wildman–Crippen MR) is 99.5 cm³/mol. The van der Waals surface area contributed by atoms with Gasteiger partial charge in [-0.15, -0.1) is 23.4 Å². The van der Waals surface area contributed by atoms with Crippen LogP contribution in [-0.2, 0) is 26.2 Å². The van der Waals surface area contributed by atoms with Crippen LogP contribution >= 0.6 is 0 Å². The molecule has 2 heterocycles. The smallest absolute Gasteiger partial charge is 0.406 e. The molecule has 13 heteroatoms. The molecule has 0 radical (unpaired) electrons. The molecule has 0 aliphatic rings. The van der Waals surface area contributed by atoms with Crippen molar-refractivity contribution >= 4 is 5.91 Å². The number of rotatable bonds is 10. The number of hydrogen-bond donors (Lipinski definition) is 2. The van der Waals surface area contributed by atoms with Crippen molar-refractivity contribution in [2.45, 2.75) is 45.4 Å². The number of nitrogens with one attached hydrogen (secondary N) is 1. The largest absolute Gasteiger partial charge is 0.573 e. The zero-order chi connectivity index (χ0) is 22.3. The summed E-state index contributed by atoms with van der Waals surface area (Å²) >= 11 is 0. The number of benzene rings is 1. The minimum absolute atomic E-state index is 0.00842. The molecule has 2 N–H and O–H groups in total. The number of halogens is 3. The first-order valence-corrected chi connectivity index (χ1v) is 9.35. The number of carbonyl (C=O) groups is 1. The Morgan fingerprint density at radius 3 is 2.48 bits per heavy atom. The Labute approximate surface area is 174 Å². The summed E-state index contributed by atoms with van der Waals surface area (Å²) in [5.41, 5.74) is 1.05. The summed E-state index contributed by atoms with van der Waals surface area (Å²) in [6.45, 7) is 1.02. The fourth-order valence-corrected chi connectivity index (χ4v) is 2.71. The van der Waals surface area contributed by atoms with Gasteiger partial charge in [-0.25, -0.2) is 0 Å². The Hall–Kier alpha value is -3.48. The first-order chi connectivity index (χ1) is 14.8. The number of aliphatic hydroxyl groups is 1. The van der Waals surface area contributed by atoms with Gasteiger partial charge in [-0.05, 0) is 30.5 Å². The lowest BCUT2D eigenvalue weighted by atomic mass is 10.2. The standard InChI is InChI=1S/C18H20F3N7O3/c19-18(20,21)31-15-5-3-4-13(8-15)9-22-17(30)16-11-28(26-24-16)7-2-1-6-27-10-14(12-29)23-25-27/h3-5,8,10-11,29H,1-2,6-7,9,12H2,(H,22,30). The maximum Gasteiger partial charge on any atom is 0.573 e. The molecule has 3 rings (SSSR count). The quantitative estimate of drug-likeness (QED) is 0.461. The highest BCUT2D eigenvalue weighted by Crippen LogP contribution is 2.23. The average Bonchev–Trinajstić information content (AvgIpc) is 3.38. The number of carbonyl (C=O) groups excluding carboxylic acids is 1. The number of hydrogen-bond acceptors (Lipinski definition) is 7. The summed E-state index contributed by atoms with van der Waals surface area (Å²) in [5, 5.41) is 26.9. The van der Waals surface area contributed by atoms with Crippen LogP contribution in [0.25, 0.3) is 0 Å². The SMILES string of the molecule is O=C(NCc1cccc(OC(F)(F)F)c1)c1cn(CCCCn2cc(CO)nn2)nn1. The number of amides is 1. The van der Waals surface area contributed by atoms with E-state index in [1.54, 1.807) is 16.9 Å². The van der Waals surface area contributed by atoms with Crippen LogP contribution in [0.2, 0.25) is 0 Å². The van der Waals surface area contributed by atoms with E-state index >= 15 is 0 Å². The third kappa shape index (κ3) is 7.06. The van der Waals surface area contributed by atoms with Gasteiger partial charge in [0.05, 0.1) is 19.0 Å². The van der Waals surface area contributed by atoms with E-state index in [9.17, 15) is 18.0 Å². The normalized spacial score (nSPS) is 11.5. The molecule has 10 nitrogen and oxygen atoms in total. The highest BCUT2D eigenvalue weighted by atomic mass is 19.4. The second kappa shape index (κ2) is 10.0. The fraction of sp³-hybridized carbons (Fsp3) is 0.389. The van der Waals surface area contributed by atoms with Gasteiger partial charge in [0.2, 0.25) is 0 Å². The van der Waals surface area contributed by atoms with Crippen molar-refractivity contribution in [3.05, 3.63) is 53.6 Å². The molecule has 31 heavy (non-hydrogen) atoms. The number of aliphatic hydroxyl groups excluding tert-OH is 1. The molecule has 2 aromatic heterocycles. The van der Waals surface area contributed by atoms with Gasteiger partial charge >= 0.3 is 6.36 Å². The highest BCUT2D eigenvalue weighted by molar-refractivity contribution is 5.91. The lowest BCUT2D eigenvalue weighted by molar-refractivity contribution is -0.274. The summed E-state index contributed by atoms with van der Waals surface area (Å²) in [6.07, 6.45) is -0.0740. The summed E-state index contributed by atoms with van der Waals surface area (Å²) in [6, 6.07) is 5.35. The van der Waals surface area contributed by atoms with E-state index in [1.165, 1.54) is 29.1 Å². The third-order valence-electron chi connectivity index (χ3n) is 4.13. The van der Waals surface area contributed by atoms with E-state index in [2.05, 4.69) is 30.7 Å². The van der Waals surface area contributed by atoms with Crippen LogP contribution in [0.5, 0.6) is 5.75 Å². The van der Waals surface area contributed by atoms with Crippen LogP contribution in [0, 0.1) is 0 Å². The Kier molecular flexibility index (Phi) is 7.18. The van der Waals surface area contributed by atoms with E-state index in [0.29, 0.717) is 24.3 Å². The molecular weight excluding hydrogens is 419 g/mol. The van der Waals surface area contributed by atoms with Crippen molar-refractivity contribution in [1.29, 1.82) is 0 Å². The molecule has 0 atom stereocenters. The number of unbranched alkanes of at least 4 members (excludes halogenated alkanes) is 1. The molecule has 166 valence electrons. The number of aromatic nitrogens is 6. The molecule has 0 aliphatic heterocycles. The van der Waals surface area contributed by atoms with Crippen LogP contribution in [-0.4, -0.2) is 47.4 Å². The molecular formula is C18H20F3N7O3. The molecule has 0 aliphatic carbocycles. The van der Waals surface area contributed by atoms with Gasteiger partial charge in [0.15, 0.2) is 5.69 Å². The second-order valence-corrected chi connectivity index (χ2v) is 6.58. The maximum atomic E-state index is 12.3. The third-order valence-corrected chi connectivity index (χ3v) is 4.13. The molecule has 0 unspecified atom stereocenters. The van der Waals surface area contributed by atoms with Crippen molar-refractivity contribution in [3.63, 3.8) is 0 Å². The molecule has 0 fully saturated rings. The van der Waals surface area contributed by atoms with E-state index in [4.69, 9.17) is 5.11 Å². The zero-order valence-corrected chi connectivity index (χ0v) is 16.3. The van der Waals surface area contributed by atoms with Gasteiger partial charge in [0.1, 0.15) is 11.4 Å². The molecule has 0 bridgehead atoms. The van der Waals surface area contributed by atoms with Crippen LogP contribution in [0.15, 0.2) is 36.7 Å². The lowest BCUT2D eigenvalue weighted by Gasteiger charge is -2.10. The lowest BCUT2D eigenvalue weighted by Crippen LogP contribution is -2.23. The monoisotopic (exact) mass is 439 g/mol. The molecule has 1 amide bonds. The Morgan fingerprint density at radius 2 is 1.81 bits per heavy atom. The summed E-state index contributed by atoms with van der Waals surface area (Å²) in [4.78, 5) is 12.2. The van der Waals surface area contributed by atoms with Gasteiger partial charge in [0, 0.05) is 19.6 Å². The van der Waals surface area contributed by atoms with E-state index < -0.39 is 12.3 Å². The van der Waals surface area contributed by atoms with Crippen molar-refractivity contribution in [2.75, 3.05) is 0 Å². The average molecular weight is 439 g/mol. The predicted octanol–water partition coefficient (Wildman–Crippen LogP) is 1.67. The minimum Gasteiger partial charge on any atom is -0.406 e. The number of alkyl halides is 3. The zero-order valence-electron chi connectivity index (χ0n) is 16.3. The van der Waals surface area contributed by atoms with Crippen LogP contribution in [0.1, 0.15) is 34.6 Å². The van der Waals surface area contributed by atoms with Crippen molar-refractivity contribution < 1.29 is 27.8 Å². The summed E-state index contributed by atoms with van der Waals surface area (Å²) < 4.78 is 43.9. The van der Waals surface area contributed by atoms with Crippen LogP contribution in [0.4, 0.5) is 13.2 Å². The first kappa shape index (κ1) is 22.2. The molecule has 0 saturated carbocycles. The van der Waals surface area contributed by atoms with Crippen molar-refractivity contribution in [1.82, 2.24) is 35.3 Å². The van der Waals surface area contributed by atoms with Gasteiger partial charge in [0.25, 0.3) is 5.91 Å². The molecule has 1 aromatic carbocycles. The first-order valence-electron chi connectivity index (χ1n) is 9.35. The van der Waals surface area contributed by atoms with Gasteiger partial charge in [-0.1, -0.05) is 22.6 Å². The molecule has 0 saturated heterocycles. The van der Waals surface area contributed by atoms with E-state index in [1.807, 2.05) is 0 Å². The molecule has 3 aromatic rings. The number of nitrogens with zero attached hydrogens (tertiary/aromatic N) is 6. The Balaban J connectivity index is 1.43. The van der Waals surface area contributed by atoms with Gasteiger partial charge in [-0.3, -0.25) is 14.2 Å². The summed E-state index contributed by atoms with van der Waals surface area (Å²) in [5.74, 6) is -0.851. The van der Waals surface area contributed by atoms with Gasteiger partial charge in [-0.2, -0.15) is 0 Å². The van der Waals surface area contributed by atoms with Crippen LogP contribution < -0.4 is 10.1 Å². The summed E-state index contributed by atoms with van der Waals surface area (Å²) in [7, 11) is 0. The topological polar surface area (TPSA) is 120 Å². The molecule has 0 spiro atoms. The van der Waals surface area contributed by atoms with Crippen LogP contribution in [0.3, 0.4) is 0 Å². The van der Waals surface area contributed by atoms with E-state index in [-0.39, 0.29) is 24.6 Å². The fourth-order valence-electron chi connectivity index (χ4n) is 2.71. The highest BCUT2D eigenvalue weighted by Gasteiger charge is 2.31. The Bertz CT molecular complexity index is 1000. The Morgan fingerprint density at radius 1 is 1.10 bits per heavy atom.